The third kappa shape index (κ3) is 3.70. The van der Waals surface area contributed by atoms with Gasteiger partial charge in [0.2, 0.25) is 0 Å². The van der Waals surface area contributed by atoms with E-state index in [2.05, 4.69) is 29.1 Å². The molecule has 0 radical (unpaired) electrons. The molecule has 4 heteroatoms. The Morgan fingerprint density at radius 2 is 2.10 bits per heavy atom. The molecule has 1 saturated carbocycles. The van der Waals surface area contributed by atoms with Crippen molar-refractivity contribution in [3.8, 4) is 10.6 Å². The molecule has 1 heterocycles. The highest BCUT2D eigenvalue weighted by molar-refractivity contribution is 7.15. The molecule has 3 rings (SSSR count). The first-order valence-corrected chi connectivity index (χ1v) is 8.41. The van der Waals surface area contributed by atoms with E-state index in [-0.39, 0.29) is 6.10 Å². The highest BCUT2D eigenvalue weighted by Crippen LogP contribution is 2.28. The van der Waals surface area contributed by atoms with Crippen molar-refractivity contribution in [3.63, 3.8) is 0 Å². The van der Waals surface area contributed by atoms with Gasteiger partial charge in [-0.05, 0) is 25.8 Å². The minimum absolute atomic E-state index is 0.103. The van der Waals surface area contributed by atoms with Crippen LogP contribution in [-0.2, 0) is 6.54 Å². The number of aromatic nitrogens is 1. The van der Waals surface area contributed by atoms with Crippen molar-refractivity contribution in [2.45, 2.75) is 31.9 Å². The molecule has 0 bridgehead atoms. The van der Waals surface area contributed by atoms with Crippen LogP contribution in [0.1, 0.15) is 24.1 Å². The van der Waals surface area contributed by atoms with Crippen molar-refractivity contribution < 1.29 is 5.11 Å². The molecule has 0 amide bonds. The van der Waals surface area contributed by atoms with E-state index >= 15 is 0 Å². The Bertz CT molecular complexity index is 569. The van der Waals surface area contributed by atoms with Gasteiger partial charge in [-0.15, -0.1) is 11.3 Å². The Kier molecular flexibility index (Phi) is 4.68. The number of thiazole rings is 1. The van der Waals surface area contributed by atoms with Gasteiger partial charge in [0.05, 0.1) is 6.10 Å². The topological polar surface area (TPSA) is 36.4 Å². The Balaban J connectivity index is 1.59. The van der Waals surface area contributed by atoms with E-state index in [0.717, 1.165) is 30.9 Å². The predicted molar refractivity (Wildman–Crippen MR) is 87.2 cm³/mol. The molecule has 2 atom stereocenters. The number of rotatable bonds is 5. The fraction of sp³-hybridized carbons (Fsp3) is 0.471. The quantitative estimate of drug-likeness (QED) is 0.919. The molecule has 0 saturated heterocycles. The first kappa shape index (κ1) is 14.7. The molecular formula is C17H22N2OS. The van der Waals surface area contributed by atoms with Crippen molar-refractivity contribution in [2.24, 2.45) is 5.92 Å². The van der Waals surface area contributed by atoms with Crippen LogP contribution in [0.15, 0.2) is 36.5 Å². The van der Waals surface area contributed by atoms with E-state index in [4.69, 9.17) is 0 Å². The van der Waals surface area contributed by atoms with E-state index in [1.54, 1.807) is 11.3 Å². The highest BCUT2D eigenvalue weighted by Gasteiger charge is 2.26. The summed E-state index contributed by atoms with van der Waals surface area (Å²) in [6.07, 6.45) is 5.17. The Labute approximate surface area is 130 Å². The van der Waals surface area contributed by atoms with Gasteiger partial charge in [-0.3, -0.25) is 0 Å². The lowest BCUT2D eigenvalue weighted by Gasteiger charge is -2.22. The van der Waals surface area contributed by atoms with Gasteiger partial charge >= 0.3 is 0 Å². The molecule has 1 aromatic carbocycles. The third-order valence-electron chi connectivity index (χ3n) is 4.17. The van der Waals surface area contributed by atoms with Gasteiger partial charge in [-0.2, -0.15) is 0 Å². The molecule has 1 aliphatic rings. The summed E-state index contributed by atoms with van der Waals surface area (Å²) in [5.41, 5.74) is 1.18. The van der Waals surface area contributed by atoms with Crippen LogP contribution in [0.4, 0.5) is 0 Å². The summed E-state index contributed by atoms with van der Waals surface area (Å²) in [5.74, 6) is 0.441. The Morgan fingerprint density at radius 3 is 2.81 bits per heavy atom. The van der Waals surface area contributed by atoms with Gasteiger partial charge in [-0.25, -0.2) is 4.98 Å². The highest BCUT2D eigenvalue weighted by atomic mass is 32.1. The summed E-state index contributed by atoms with van der Waals surface area (Å²) >= 11 is 1.76. The van der Waals surface area contributed by atoms with E-state index < -0.39 is 0 Å². The van der Waals surface area contributed by atoms with Gasteiger partial charge in [0.25, 0.3) is 0 Å². The van der Waals surface area contributed by atoms with E-state index in [9.17, 15) is 5.11 Å². The minimum atomic E-state index is -0.103. The first-order valence-electron chi connectivity index (χ1n) is 7.59. The molecule has 1 aliphatic carbocycles. The van der Waals surface area contributed by atoms with Crippen molar-refractivity contribution in [1.29, 1.82) is 0 Å². The molecule has 2 unspecified atom stereocenters. The smallest absolute Gasteiger partial charge is 0.123 e. The largest absolute Gasteiger partial charge is 0.393 e. The summed E-state index contributed by atoms with van der Waals surface area (Å²) in [6.45, 7) is 1.88. The summed E-state index contributed by atoms with van der Waals surface area (Å²) in [4.78, 5) is 8.12. The van der Waals surface area contributed by atoms with Crippen LogP contribution in [-0.4, -0.2) is 34.7 Å². The zero-order chi connectivity index (χ0) is 14.7. The average molecular weight is 302 g/mol. The normalized spacial score (nSPS) is 22.0. The maximum absolute atomic E-state index is 9.92. The lowest BCUT2D eigenvalue weighted by atomic mass is 10.1. The lowest BCUT2D eigenvalue weighted by molar-refractivity contribution is 0.108. The number of benzene rings is 1. The number of hydrogen-bond acceptors (Lipinski definition) is 4. The van der Waals surface area contributed by atoms with Crippen LogP contribution in [0, 0.1) is 5.92 Å². The predicted octanol–water partition coefficient (Wildman–Crippen LogP) is 3.40. The number of aliphatic hydroxyl groups excluding tert-OH is 1. The van der Waals surface area contributed by atoms with Gasteiger partial charge in [0, 0.05) is 29.7 Å². The molecular weight excluding hydrogens is 280 g/mol. The fourth-order valence-electron chi connectivity index (χ4n) is 3.06. The summed E-state index contributed by atoms with van der Waals surface area (Å²) in [7, 11) is 2.13. The summed E-state index contributed by atoms with van der Waals surface area (Å²) in [6, 6.07) is 10.3. The SMILES string of the molecule is CN(Cc1cnc(-c2ccccc2)s1)CC1CCCC1O. The van der Waals surface area contributed by atoms with Crippen molar-refractivity contribution in [2.75, 3.05) is 13.6 Å². The molecule has 0 spiro atoms. The zero-order valence-electron chi connectivity index (χ0n) is 12.4. The number of hydrogen-bond donors (Lipinski definition) is 1. The Hall–Kier alpha value is -1.23. The van der Waals surface area contributed by atoms with Crippen LogP contribution in [0.2, 0.25) is 0 Å². The van der Waals surface area contributed by atoms with E-state index in [1.165, 1.54) is 16.9 Å². The summed E-state index contributed by atoms with van der Waals surface area (Å²) in [5, 5.41) is 11.0. The van der Waals surface area contributed by atoms with Gasteiger partial charge in [0.1, 0.15) is 5.01 Å². The lowest BCUT2D eigenvalue weighted by Crippen LogP contribution is -2.29. The van der Waals surface area contributed by atoms with Crippen molar-refractivity contribution in [1.82, 2.24) is 9.88 Å². The summed E-state index contributed by atoms with van der Waals surface area (Å²) < 4.78 is 0. The van der Waals surface area contributed by atoms with E-state index in [1.807, 2.05) is 24.4 Å². The molecule has 2 aromatic rings. The van der Waals surface area contributed by atoms with E-state index in [0.29, 0.717) is 5.92 Å². The second-order valence-corrected chi connectivity index (χ2v) is 7.07. The van der Waals surface area contributed by atoms with Gasteiger partial charge in [-0.1, -0.05) is 36.8 Å². The van der Waals surface area contributed by atoms with Crippen LogP contribution >= 0.6 is 11.3 Å². The van der Waals surface area contributed by atoms with Crippen molar-refractivity contribution >= 4 is 11.3 Å². The molecule has 112 valence electrons. The first-order chi connectivity index (χ1) is 10.2. The standard InChI is InChI=1S/C17H22N2OS/c1-19(11-14-8-5-9-16(14)20)12-15-10-18-17(21-15)13-6-3-2-4-7-13/h2-4,6-7,10,14,16,20H,5,8-9,11-12H2,1H3. The fourth-order valence-corrected chi connectivity index (χ4v) is 4.05. The average Bonchev–Trinajstić information content (AvgIpc) is 3.10. The van der Waals surface area contributed by atoms with Crippen LogP contribution in [0.3, 0.4) is 0 Å². The molecule has 0 aliphatic heterocycles. The zero-order valence-corrected chi connectivity index (χ0v) is 13.2. The van der Waals surface area contributed by atoms with Crippen LogP contribution in [0.25, 0.3) is 10.6 Å². The second kappa shape index (κ2) is 6.69. The molecule has 3 nitrogen and oxygen atoms in total. The minimum Gasteiger partial charge on any atom is -0.393 e. The van der Waals surface area contributed by atoms with Crippen LogP contribution < -0.4 is 0 Å². The van der Waals surface area contributed by atoms with Gasteiger partial charge in [0.15, 0.2) is 0 Å². The van der Waals surface area contributed by atoms with Crippen molar-refractivity contribution in [3.05, 3.63) is 41.4 Å². The molecule has 1 N–H and O–H groups in total. The number of aliphatic hydroxyl groups is 1. The molecule has 21 heavy (non-hydrogen) atoms. The van der Waals surface area contributed by atoms with Crippen LogP contribution in [0.5, 0.6) is 0 Å². The molecule has 1 fully saturated rings. The third-order valence-corrected chi connectivity index (χ3v) is 5.20. The monoisotopic (exact) mass is 302 g/mol. The second-order valence-electron chi connectivity index (χ2n) is 5.95. The number of nitrogens with zero attached hydrogens (tertiary/aromatic N) is 2. The van der Waals surface area contributed by atoms with Gasteiger partial charge < -0.3 is 10.0 Å². The maximum Gasteiger partial charge on any atom is 0.123 e. The molecule has 1 aromatic heterocycles. The Morgan fingerprint density at radius 1 is 1.29 bits per heavy atom. The maximum atomic E-state index is 9.92.